The summed E-state index contributed by atoms with van der Waals surface area (Å²) in [5.41, 5.74) is 0.137. The number of carbonyl (C=O) groups is 1. The van der Waals surface area contributed by atoms with Crippen molar-refractivity contribution in [2.45, 2.75) is 19.4 Å². The average molecular weight is 275 g/mol. The third kappa shape index (κ3) is 2.68. The molecule has 6 heteroatoms. The van der Waals surface area contributed by atoms with Crippen molar-refractivity contribution in [2.24, 2.45) is 5.41 Å². The molecule has 1 aliphatic rings. The Morgan fingerprint density at radius 1 is 1.55 bits per heavy atom. The van der Waals surface area contributed by atoms with Crippen molar-refractivity contribution in [2.75, 3.05) is 13.7 Å². The van der Waals surface area contributed by atoms with Crippen LogP contribution in [-0.2, 0) is 6.54 Å². The van der Waals surface area contributed by atoms with E-state index in [0.717, 1.165) is 19.4 Å². The molecule has 1 N–H and O–H groups in total. The van der Waals surface area contributed by atoms with Gasteiger partial charge in [0.1, 0.15) is 0 Å². The van der Waals surface area contributed by atoms with Gasteiger partial charge in [0.05, 0.1) is 7.11 Å². The van der Waals surface area contributed by atoms with Gasteiger partial charge >= 0.3 is 0 Å². The molecule has 106 valence electrons. The van der Waals surface area contributed by atoms with Crippen LogP contribution < -0.4 is 10.1 Å². The Morgan fingerprint density at radius 2 is 2.40 bits per heavy atom. The largest absolute Gasteiger partial charge is 0.468 e. The van der Waals surface area contributed by atoms with E-state index in [4.69, 9.17) is 9.15 Å². The highest BCUT2D eigenvalue weighted by atomic mass is 16.6. The van der Waals surface area contributed by atoms with E-state index in [1.807, 2.05) is 16.9 Å². The zero-order chi connectivity index (χ0) is 14.0. The van der Waals surface area contributed by atoms with Crippen LogP contribution in [0.25, 0.3) is 0 Å². The lowest BCUT2D eigenvalue weighted by Gasteiger charge is -2.15. The smallest absolute Gasteiger partial charge is 0.287 e. The minimum atomic E-state index is -0.208. The van der Waals surface area contributed by atoms with Gasteiger partial charge in [-0.1, -0.05) is 0 Å². The number of nitrogens with zero attached hydrogens (tertiary/aromatic N) is 2. The Hall–Kier alpha value is -2.24. The molecule has 1 saturated carbocycles. The van der Waals surface area contributed by atoms with Gasteiger partial charge in [-0.05, 0) is 25.0 Å². The van der Waals surface area contributed by atoms with Crippen LogP contribution in [0.4, 0.5) is 0 Å². The highest BCUT2D eigenvalue weighted by Gasteiger charge is 2.43. The molecule has 20 heavy (non-hydrogen) atoms. The minimum absolute atomic E-state index is 0.137. The summed E-state index contributed by atoms with van der Waals surface area (Å²) < 4.78 is 12.1. The first-order valence-corrected chi connectivity index (χ1v) is 6.60. The van der Waals surface area contributed by atoms with Crippen LogP contribution >= 0.6 is 0 Å². The molecule has 0 saturated heterocycles. The number of nitrogens with one attached hydrogen (secondary N) is 1. The Kier molecular flexibility index (Phi) is 3.22. The highest BCUT2D eigenvalue weighted by Crippen LogP contribution is 2.46. The predicted molar refractivity (Wildman–Crippen MR) is 71.5 cm³/mol. The molecule has 3 rings (SSSR count). The molecule has 0 aliphatic heterocycles. The van der Waals surface area contributed by atoms with Crippen molar-refractivity contribution >= 4 is 5.91 Å². The molecule has 0 unspecified atom stereocenters. The first-order valence-electron chi connectivity index (χ1n) is 6.60. The molecule has 1 amide bonds. The number of hydrogen-bond donors (Lipinski definition) is 1. The molecule has 0 aromatic carbocycles. The fraction of sp³-hybridized carbons (Fsp3) is 0.429. The minimum Gasteiger partial charge on any atom is -0.468 e. The van der Waals surface area contributed by atoms with Crippen LogP contribution in [0.3, 0.4) is 0 Å². The SMILES string of the molecule is COc1ccc(C(=O)NCC2(Cn3cccn3)CC2)o1. The van der Waals surface area contributed by atoms with Gasteiger partial charge in [0, 0.05) is 37.0 Å². The summed E-state index contributed by atoms with van der Waals surface area (Å²) in [6.07, 6.45) is 5.92. The summed E-state index contributed by atoms with van der Waals surface area (Å²) in [7, 11) is 1.50. The maximum absolute atomic E-state index is 12.0. The number of amides is 1. The second kappa shape index (κ2) is 5.03. The number of furan rings is 1. The standard InChI is InChI=1S/C14H17N3O3/c1-19-12-4-3-11(20-12)13(18)15-9-14(5-6-14)10-17-8-2-7-16-17/h2-4,7-8H,5-6,9-10H2,1H3,(H,15,18). The summed E-state index contributed by atoms with van der Waals surface area (Å²) in [4.78, 5) is 12.0. The van der Waals surface area contributed by atoms with Crippen molar-refractivity contribution < 1.29 is 13.9 Å². The van der Waals surface area contributed by atoms with Gasteiger partial charge in [-0.25, -0.2) is 0 Å². The second-order valence-electron chi connectivity index (χ2n) is 5.21. The van der Waals surface area contributed by atoms with Crippen LogP contribution in [0.5, 0.6) is 5.95 Å². The fourth-order valence-corrected chi connectivity index (χ4v) is 2.21. The van der Waals surface area contributed by atoms with Crippen molar-refractivity contribution in [1.29, 1.82) is 0 Å². The maximum Gasteiger partial charge on any atom is 0.287 e. The van der Waals surface area contributed by atoms with Crippen molar-refractivity contribution in [1.82, 2.24) is 15.1 Å². The molecule has 0 radical (unpaired) electrons. The fourth-order valence-electron chi connectivity index (χ4n) is 2.21. The normalized spacial score (nSPS) is 15.8. The lowest BCUT2D eigenvalue weighted by molar-refractivity contribution is 0.0908. The molecular formula is C14H17N3O3. The van der Waals surface area contributed by atoms with E-state index in [0.29, 0.717) is 12.5 Å². The number of methoxy groups -OCH3 is 1. The number of carbonyl (C=O) groups excluding carboxylic acids is 1. The molecule has 2 aromatic heterocycles. The van der Waals surface area contributed by atoms with E-state index < -0.39 is 0 Å². The average Bonchev–Trinajstić information content (AvgIpc) is 2.87. The van der Waals surface area contributed by atoms with Gasteiger partial charge in [0.15, 0.2) is 5.76 Å². The van der Waals surface area contributed by atoms with Gasteiger partial charge in [-0.2, -0.15) is 5.10 Å². The number of ether oxygens (including phenoxy) is 1. The summed E-state index contributed by atoms with van der Waals surface area (Å²) in [5, 5.41) is 7.13. The summed E-state index contributed by atoms with van der Waals surface area (Å²) >= 11 is 0. The van der Waals surface area contributed by atoms with Gasteiger partial charge in [0.25, 0.3) is 11.9 Å². The first kappa shape index (κ1) is 12.8. The van der Waals surface area contributed by atoms with Gasteiger partial charge in [-0.3, -0.25) is 9.48 Å². The van der Waals surface area contributed by atoms with E-state index in [1.165, 1.54) is 7.11 Å². The number of rotatable bonds is 6. The van der Waals surface area contributed by atoms with Gasteiger partial charge in [-0.15, -0.1) is 0 Å². The van der Waals surface area contributed by atoms with Crippen LogP contribution in [0.2, 0.25) is 0 Å². The highest BCUT2D eigenvalue weighted by molar-refractivity contribution is 5.91. The zero-order valence-corrected chi connectivity index (χ0v) is 11.3. The van der Waals surface area contributed by atoms with E-state index >= 15 is 0 Å². The molecular weight excluding hydrogens is 258 g/mol. The monoisotopic (exact) mass is 275 g/mol. The molecule has 6 nitrogen and oxygen atoms in total. The third-order valence-corrected chi connectivity index (χ3v) is 3.64. The lowest BCUT2D eigenvalue weighted by atomic mass is 10.1. The van der Waals surface area contributed by atoms with Crippen molar-refractivity contribution in [3.63, 3.8) is 0 Å². The topological polar surface area (TPSA) is 69.3 Å². The Labute approximate surface area is 116 Å². The number of hydrogen-bond acceptors (Lipinski definition) is 4. The zero-order valence-electron chi connectivity index (χ0n) is 11.3. The second-order valence-corrected chi connectivity index (χ2v) is 5.21. The molecule has 0 bridgehead atoms. The van der Waals surface area contributed by atoms with Gasteiger partial charge < -0.3 is 14.5 Å². The Balaban J connectivity index is 1.55. The van der Waals surface area contributed by atoms with E-state index in [1.54, 1.807) is 18.3 Å². The summed E-state index contributed by atoms with van der Waals surface area (Å²) in [6, 6.07) is 5.15. The van der Waals surface area contributed by atoms with Crippen LogP contribution in [0.1, 0.15) is 23.4 Å². The molecule has 2 heterocycles. The van der Waals surface area contributed by atoms with Gasteiger partial charge in [0.2, 0.25) is 0 Å². The van der Waals surface area contributed by atoms with Crippen LogP contribution in [-0.4, -0.2) is 29.3 Å². The quantitative estimate of drug-likeness (QED) is 0.871. The molecule has 1 aliphatic carbocycles. The summed E-state index contributed by atoms with van der Waals surface area (Å²) in [6.45, 7) is 1.47. The van der Waals surface area contributed by atoms with Crippen LogP contribution in [0, 0.1) is 5.41 Å². The lowest BCUT2D eigenvalue weighted by Crippen LogP contribution is -2.32. The van der Waals surface area contributed by atoms with E-state index in [2.05, 4.69) is 10.4 Å². The maximum atomic E-state index is 12.0. The van der Waals surface area contributed by atoms with Crippen LogP contribution in [0.15, 0.2) is 35.0 Å². The molecule has 0 spiro atoms. The van der Waals surface area contributed by atoms with E-state index in [-0.39, 0.29) is 17.1 Å². The summed E-state index contributed by atoms with van der Waals surface area (Å²) in [5.74, 6) is 0.407. The first-order chi connectivity index (χ1) is 9.71. The molecule has 2 aromatic rings. The molecule has 1 fully saturated rings. The van der Waals surface area contributed by atoms with Crippen molar-refractivity contribution in [3.05, 3.63) is 36.4 Å². The Morgan fingerprint density at radius 3 is 3.00 bits per heavy atom. The van der Waals surface area contributed by atoms with Crippen molar-refractivity contribution in [3.8, 4) is 5.95 Å². The molecule has 0 atom stereocenters. The number of aromatic nitrogens is 2. The predicted octanol–water partition coefficient (Wildman–Crippen LogP) is 1.69. The van der Waals surface area contributed by atoms with E-state index in [9.17, 15) is 4.79 Å². The third-order valence-electron chi connectivity index (χ3n) is 3.64. The Bertz CT molecular complexity index is 585.